The van der Waals surface area contributed by atoms with E-state index in [4.69, 9.17) is 4.42 Å². The summed E-state index contributed by atoms with van der Waals surface area (Å²) in [6.45, 7) is 2.50. The van der Waals surface area contributed by atoms with E-state index >= 15 is 0 Å². The van der Waals surface area contributed by atoms with E-state index in [0.29, 0.717) is 17.9 Å². The first-order valence-electron chi connectivity index (χ1n) is 6.42. The molecule has 0 aliphatic carbocycles. The fraction of sp³-hybridized carbons (Fsp3) is 0.200. The van der Waals surface area contributed by atoms with Crippen molar-refractivity contribution < 1.29 is 13.9 Å². The Labute approximate surface area is 125 Å². The summed E-state index contributed by atoms with van der Waals surface area (Å²) >= 11 is 1.66. The third-order valence-electron chi connectivity index (χ3n) is 3.04. The average molecular weight is 302 g/mol. The van der Waals surface area contributed by atoms with Crippen molar-refractivity contribution >= 4 is 33.2 Å². The zero-order valence-electron chi connectivity index (χ0n) is 11.7. The van der Waals surface area contributed by atoms with Crippen molar-refractivity contribution in [2.24, 2.45) is 0 Å². The van der Waals surface area contributed by atoms with E-state index in [0.717, 1.165) is 20.9 Å². The number of benzene rings is 1. The molecule has 0 aliphatic rings. The highest BCUT2D eigenvalue weighted by Gasteiger charge is 2.10. The Bertz CT molecular complexity index is 791. The lowest BCUT2D eigenvalue weighted by atomic mass is 10.3. The van der Waals surface area contributed by atoms with E-state index in [1.807, 2.05) is 19.1 Å². The molecule has 0 fully saturated rings. The molecule has 0 spiro atoms. The number of methoxy groups -OCH3 is 1. The molecule has 0 radical (unpaired) electrons. The molecule has 0 saturated carbocycles. The normalized spacial score (nSPS) is 10.8. The quantitative estimate of drug-likeness (QED) is 0.746. The predicted molar refractivity (Wildman–Crippen MR) is 81.7 cm³/mol. The van der Waals surface area contributed by atoms with Crippen LogP contribution in [-0.4, -0.2) is 18.1 Å². The van der Waals surface area contributed by atoms with Crippen LogP contribution >= 0.6 is 11.3 Å². The minimum Gasteiger partial charge on any atom is -0.467 e. The Morgan fingerprint density at radius 1 is 1.43 bits per heavy atom. The van der Waals surface area contributed by atoms with E-state index < -0.39 is 5.97 Å². The van der Waals surface area contributed by atoms with Crippen LogP contribution in [0.3, 0.4) is 0 Å². The van der Waals surface area contributed by atoms with E-state index in [-0.39, 0.29) is 0 Å². The summed E-state index contributed by atoms with van der Waals surface area (Å²) in [7, 11) is 1.35. The van der Waals surface area contributed by atoms with Crippen molar-refractivity contribution in [3.63, 3.8) is 0 Å². The van der Waals surface area contributed by atoms with Crippen molar-refractivity contribution in [2.75, 3.05) is 12.4 Å². The van der Waals surface area contributed by atoms with Gasteiger partial charge in [-0.05, 0) is 31.2 Å². The average Bonchev–Trinajstić information content (AvgIpc) is 3.09. The summed E-state index contributed by atoms with van der Waals surface area (Å²) in [5.74, 6) is 0.280. The number of hydrogen-bond donors (Lipinski definition) is 1. The fourth-order valence-corrected chi connectivity index (χ4v) is 2.90. The summed E-state index contributed by atoms with van der Waals surface area (Å²) in [5.41, 5.74) is 2.42. The summed E-state index contributed by atoms with van der Waals surface area (Å²) in [6.07, 6.45) is 1.40. The van der Waals surface area contributed by atoms with Crippen molar-refractivity contribution in [1.82, 2.24) is 4.98 Å². The van der Waals surface area contributed by atoms with Gasteiger partial charge in [0.2, 0.25) is 0 Å². The van der Waals surface area contributed by atoms with Gasteiger partial charge in [-0.1, -0.05) is 0 Å². The fourth-order valence-electron chi connectivity index (χ4n) is 2.04. The molecular weight excluding hydrogens is 288 g/mol. The molecule has 5 nitrogen and oxygen atoms in total. The molecule has 3 aromatic rings. The molecule has 2 heterocycles. The number of ether oxygens (including phenoxy) is 1. The highest BCUT2D eigenvalue weighted by Crippen LogP contribution is 2.25. The zero-order valence-corrected chi connectivity index (χ0v) is 12.5. The summed E-state index contributed by atoms with van der Waals surface area (Å²) in [6, 6.07) is 7.70. The maximum atomic E-state index is 11.3. The van der Waals surface area contributed by atoms with Crippen LogP contribution in [0.1, 0.15) is 21.1 Å². The lowest BCUT2D eigenvalue weighted by molar-refractivity contribution is 0.0600. The number of aromatic nitrogens is 1. The van der Waals surface area contributed by atoms with E-state index in [2.05, 4.69) is 21.1 Å². The van der Waals surface area contributed by atoms with Crippen LogP contribution < -0.4 is 5.32 Å². The first-order valence-corrected chi connectivity index (χ1v) is 7.24. The lowest BCUT2D eigenvalue weighted by Crippen LogP contribution is -2.00. The minimum atomic E-state index is -0.397. The molecule has 0 unspecified atom stereocenters. The highest BCUT2D eigenvalue weighted by molar-refractivity contribution is 7.18. The van der Waals surface area contributed by atoms with Crippen LogP contribution in [0.25, 0.3) is 10.2 Å². The Kier molecular flexibility index (Phi) is 3.62. The number of nitrogens with zero attached hydrogens (tertiary/aromatic N) is 1. The first kappa shape index (κ1) is 13.6. The largest absolute Gasteiger partial charge is 0.467 e. The maximum Gasteiger partial charge on any atom is 0.341 e. The SMILES string of the molecule is COC(=O)c1coc(CNc2ccc3nc(C)sc3c2)c1. The molecule has 6 heteroatoms. The van der Waals surface area contributed by atoms with Crippen LogP contribution in [0.5, 0.6) is 0 Å². The number of aryl methyl sites for hydroxylation is 1. The van der Waals surface area contributed by atoms with Crippen LogP contribution in [0.4, 0.5) is 5.69 Å². The topological polar surface area (TPSA) is 64.4 Å². The molecule has 0 aliphatic heterocycles. The summed E-state index contributed by atoms with van der Waals surface area (Å²) in [4.78, 5) is 15.8. The van der Waals surface area contributed by atoms with Gasteiger partial charge in [-0.2, -0.15) is 0 Å². The number of thiazole rings is 1. The maximum absolute atomic E-state index is 11.3. The number of esters is 1. The van der Waals surface area contributed by atoms with Gasteiger partial charge >= 0.3 is 5.97 Å². The third-order valence-corrected chi connectivity index (χ3v) is 3.97. The van der Waals surface area contributed by atoms with Crippen molar-refractivity contribution in [2.45, 2.75) is 13.5 Å². The minimum absolute atomic E-state index is 0.397. The van der Waals surface area contributed by atoms with Gasteiger partial charge < -0.3 is 14.5 Å². The molecule has 1 aromatic carbocycles. The number of anilines is 1. The molecular formula is C15H14N2O3S. The number of carbonyl (C=O) groups is 1. The van der Waals surface area contributed by atoms with Gasteiger partial charge in [0.1, 0.15) is 12.0 Å². The number of carbonyl (C=O) groups excluding carboxylic acids is 1. The van der Waals surface area contributed by atoms with Crippen LogP contribution in [0.2, 0.25) is 0 Å². The molecule has 108 valence electrons. The number of rotatable bonds is 4. The van der Waals surface area contributed by atoms with Crippen molar-refractivity contribution in [3.05, 3.63) is 46.9 Å². The molecule has 21 heavy (non-hydrogen) atoms. The first-order chi connectivity index (χ1) is 10.2. The molecule has 0 amide bonds. The lowest BCUT2D eigenvalue weighted by Gasteiger charge is -2.03. The van der Waals surface area contributed by atoms with E-state index in [1.165, 1.54) is 13.4 Å². The van der Waals surface area contributed by atoms with Gasteiger partial charge in [-0.25, -0.2) is 9.78 Å². The second-order valence-electron chi connectivity index (χ2n) is 4.56. The van der Waals surface area contributed by atoms with E-state index in [9.17, 15) is 4.79 Å². The van der Waals surface area contributed by atoms with Crippen LogP contribution in [-0.2, 0) is 11.3 Å². The van der Waals surface area contributed by atoms with E-state index in [1.54, 1.807) is 17.4 Å². The number of hydrogen-bond acceptors (Lipinski definition) is 6. The number of furan rings is 1. The van der Waals surface area contributed by atoms with Gasteiger partial charge in [0.25, 0.3) is 0 Å². The predicted octanol–water partition coefficient (Wildman–Crippen LogP) is 3.60. The molecule has 0 atom stereocenters. The number of fused-ring (bicyclic) bond motifs is 1. The standard InChI is InChI=1S/C15H14N2O3S/c1-9-17-13-4-3-11(6-14(13)21-9)16-7-12-5-10(8-20-12)15(18)19-2/h3-6,8,16H,7H2,1-2H3. The van der Waals surface area contributed by atoms with Crippen molar-refractivity contribution in [1.29, 1.82) is 0 Å². The smallest absolute Gasteiger partial charge is 0.341 e. The van der Waals surface area contributed by atoms with Gasteiger partial charge in [0, 0.05) is 5.69 Å². The number of nitrogens with one attached hydrogen (secondary N) is 1. The summed E-state index contributed by atoms with van der Waals surface area (Å²) in [5, 5.41) is 4.32. The Morgan fingerprint density at radius 2 is 2.29 bits per heavy atom. The molecule has 1 N–H and O–H groups in total. The van der Waals surface area contributed by atoms with Gasteiger partial charge in [0.15, 0.2) is 0 Å². The molecule has 2 aromatic heterocycles. The van der Waals surface area contributed by atoms with Gasteiger partial charge in [-0.15, -0.1) is 11.3 Å². The molecule has 3 rings (SSSR count). The van der Waals surface area contributed by atoms with Crippen LogP contribution in [0, 0.1) is 6.92 Å². The van der Waals surface area contributed by atoms with Gasteiger partial charge in [-0.3, -0.25) is 0 Å². The Hall–Kier alpha value is -2.34. The second kappa shape index (κ2) is 5.57. The third kappa shape index (κ3) is 2.90. The van der Waals surface area contributed by atoms with Crippen LogP contribution in [0.15, 0.2) is 34.9 Å². The second-order valence-corrected chi connectivity index (χ2v) is 5.80. The zero-order chi connectivity index (χ0) is 14.8. The molecule has 0 saturated heterocycles. The highest BCUT2D eigenvalue weighted by atomic mass is 32.1. The van der Waals surface area contributed by atoms with Gasteiger partial charge in [0.05, 0.1) is 34.4 Å². The molecule has 0 bridgehead atoms. The Morgan fingerprint density at radius 3 is 3.10 bits per heavy atom. The van der Waals surface area contributed by atoms with Crippen molar-refractivity contribution in [3.8, 4) is 0 Å². The summed E-state index contributed by atoms with van der Waals surface area (Å²) < 4.78 is 11.1. The monoisotopic (exact) mass is 302 g/mol. The Balaban J connectivity index is 1.70.